The molecule has 4 aromatic rings. The predicted octanol–water partition coefficient (Wildman–Crippen LogP) is 5.56. The lowest BCUT2D eigenvalue weighted by molar-refractivity contribution is 0.223. The second kappa shape index (κ2) is 8.35. The molecular weight excluding hydrogens is 433 g/mol. The van der Waals surface area contributed by atoms with Crippen molar-refractivity contribution in [2.24, 2.45) is 0 Å². The number of nitrogens with zero attached hydrogens (tertiary/aromatic N) is 2. The minimum absolute atomic E-state index is 0.0792. The van der Waals surface area contributed by atoms with Crippen LogP contribution in [0.5, 0.6) is 0 Å². The molecule has 0 unspecified atom stereocenters. The van der Waals surface area contributed by atoms with Crippen LogP contribution in [-0.4, -0.2) is 21.4 Å². The largest absolute Gasteiger partial charge is 0.460 e. The van der Waals surface area contributed by atoms with Crippen molar-refractivity contribution >= 4 is 23.2 Å². The van der Waals surface area contributed by atoms with Crippen LogP contribution in [0.1, 0.15) is 17.0 Å². The fourth-order valence-electron chi connectivity index (χ4n) is 3.84. The Morgan fingerprint density at radius 1 is 1.00 bits per heavy atom. The van der Waals surface area contributed by atoms with Crippen molar-refractivity contribution in [1.82, 2.24) is 14.9 Å². The molecule has 7 heteroatoms. The van der Waals surface area contributed by atoms with E-state index in [0.29, 0.717) is 29.0 Å². The number of aromatic nitrogens is 2. The first-order chi connectivity index (χ1) is 15.1. The van der Waals surface area contributed by atoms with Crippen LogP contribution < -0.4 is 5.56 Å². The van der Waals surface area contributed by atoms with Crippen LogP contribution in [0.2, 0.25) is 10.0 Å². The van der Waals surface area contributed by atoms with E-state index in [9.17, 15) is 4.79 Å². The van der Waals surface area contributed by atoms with Gasteiger partial charge in [-0.1, -0.05) is 53.5 Å². The van der Waals surface area contributed by atoms with Crippen LogP contribution in [0.15, 0.2) is 69.9 Å². The second-order valence-corrected chi connectivity index (χ2v) is 8.38. The molecule has 0 radical (unpaired) electrons. The fourth-order valence-corrected chi connectivity index (χ4v) is 4.13. The molecule has 0 aliphatic carbocycles. The summed E-state index contributed by atoms with van der Waals surface area (Å²) in [6.45, 7) is 1.96. The third kappa shape index (κ3) is 4.17. The normalized spacial score (nSPS) is 13.9. The van der Waals surface area contributed by atoms with Crippen molar-refractivity contribution in [2.45, 2.75) is 19.5 Å². The van der Waals surface area contributed by atoms with Gasteiger partial charge >= 0.3 is 0 Å². The summed E-state index contributed by atoms with van der Waals surface area (Å²) in [7, 11) is 0. The molecule has 1 N–H and O–H groups in total. The molecule has 0 saturated heterocycles. The Balaban J connectivity index is 1.33. The maximum absolute atomic E-state index is 12.7. The number of fused-ring (bicyclic) bond motifs is 1. The summed E-state index contributed by atoms with van der Waals surface area (Å²) in [5.74, 6) is 2.18. The molecule has 3 heterocycles. The highest BCUT2D eigenvalue weighted by molar-refractivity contribution is 6.42. The summed E-state index contributed by atoms with van der Waals surface area (Å²) >= 11 is 12.1. The Hall–Kier alpha value is -2.86. The molecule has 2 aromatic carbocycles. The molecule has 0 fully saturated rings. The summed E-state index contributed by atoms with van der Waals surface area (Å²) in [5, 5.41) is 1.00. The Labute approximate surface area is 189 Å². The molecule has 0 amide bonds. The van der Waals surface area contributed by atoms with Crippen molar-refractivity contribution in [3.05, 3.63) is 98.1 Å². The van der Waals surface area contributed by atoms with Crippen LogP contribution in [0.25, 0.3) is 22.7 Å². The monoisotopic (exact) mass is 451 g/mol. The molecule has 5 nitrogen and oxygen atoms in total. The average molecular weight is 452 g/mol. The van der Waals surface area contributed by atoms with E-state index >= 15 is 0 Å². The van der Waals surface area contributed by atoms with Gasteiger partial charge < -0.3 is 9.40 Å². The van der Waals surface area contributed by atoms with Gasteiger partial charge in [0, 0.05) is 30.6 Å². The minimum Gasteiger partial charge on any atom is -0.460 e. The number of hydrogen-bond donors (Lipinski definition) is 1. The summed E-state index contributed by atoms with van der Waals surface area (Å²) in [6.07, 6.45) is 0.722. The highest BCUT2D eigenvalue weighted by atomic mass is 35.5. The Bertz CT molecular complexity index is 1300. The summed E-state index contributed by atoms with van der Waals surface area (Å²) < 4.78 is 6.02. The van der Waals surface area contributed by atoms with Gasteiger partial charge in [0.1, 0.15) is 17.3 Å². The van der Waals surface area contributed by atoms with Crippen molar-refractivity contribution in [2.75, 3.05) is 6.54 Å². The van der Waals surface area contributed by atoms with Crippen LogP contribution in [0.3, 0.4) is 0 Å². The lowest BCUT2D eigenvalue weighted by Gasteiger charge is -2.26. The topological polar surface area (TPSA) is 62.1 Å². The number of benzene rings is 2. The van der Waals surface area contributed by atoms with Gasteiger partial charge in [-0.05, 0) is 30.3 Å². The van der Waals surface area contributed by atoms with E-state index in [-0.39, 0.29) is 5.56 Å². The first-order valence-corrected chi connectivity index (χ1v) is 10.8. The standard InChI is InChI=1S/C24H19Cl2N3O2/c25-19-8-6-16(12-20(19)26)22-9-7-17(31-22)13-29-11-10-21-18(14-29)24(30)28-23(27-21)15-4-2-1-3-5-15/h1-9,12H,10-11,13-14H2,(H,27,28,30). The van der Waals surface area contributed by atoms with E-state index in [0.717, 1.165) is 46.9 Å². The van der Waals surface area contributed by atoms with Gasteiger partial charge in [0.05, 0.1) is 27.8 Å². The van der Waals surface area contributed by atoms with Crippen molar-refractivity contribution in [3.8, 4) is 22.7 Å². The maximum Gasteiger partial charge on any atom is 0.255 e. The molecule has 0 spiro atoms. The number of hydrogen-bond acceptors (Lipinski definition) is 4. The van der Waals surface area contributed by atoms with E-state index in [1.165, 1.54) is 0 Å². The first-order valence-electron chi connectivity index (χ1n) is 10.0. The number of rotatable bonds is 4. The Kier molecular flexibility index (Phi) is 5.40. The number of furan rings is 1. The molecule has 1 aliphatic heterocycles. The molecule has 2 aromatic heterocycles. The SMILES string of the molecule is O=c1[nH]c(-c2ccccc2)nc2c1CN(Cc1ccc(-c3ccc(Cl)c(Cl)c3)o1)CC2. The predicted molar refractivity (Wildman–Crippen MR) is 122 cm³/mol. The van der Waals surface area contributed by atoms with Gasteiger partial charge in [0.25, 0.3) is 5.56 Å². The Morgan fingerprint density at radius 3 is 2.65 bits per heavy atom. The van der Waals surface area contributed by atoms with Gasteiger partial charge in [-0.3, -0.25) is 9.69 Å². The van der Waals surface area contributed by atoms with E-state index in [1.807, 2.05) is 48.5 Å². The number of H-pyrrole nitrogens is 1. The quantitative estimate of drug-likeness (QED) is 0.440. The van der Waals surface area contributed by atoms with Crippen LogP contribution >= 0.6 is 23.2 Å². The van der Waals surface area contributed by atoms with Crippen LogP contribution in [0.4, 0.5) is 0 Å². The van der Waals surface area contributed by atoms with Crippen molar-refractivity contribution in [1.29, 1.82) is 0 Å². The number of halogens is 2. The average Bonchev–Trinajstić information content (AvgIpc) is 3.25. The third-order valence-electron chi connectivity index (χ3n) is 5.44. The van der Waals surface area contributed by atoms with Gasteiger partial charge in [-0.2, -0.15) is 0 Å². The van der Waals surface area contributed by atoms with E-state index in [2.05, 4.69) is 9.88 Å². The smallest absolute Gasteiger partial charge is 0.255 e. The maximum atomic E-state index is 12.7. The molecule has 1 aliphatic rings. The zero-order chi connectivity index (χ0) is 21.4. The van der Waals surface area contributed by atoms with Gasteiger partial charge in [0.15, 0.2) is 0 Å². The highest BCUT2D eigenvalue weighted by Gasteiger charge is 2.22. The molecule has 0 bridgehead atoms. The first kappa shape index (κ1) is 20.1. The summed E-state index contributed by atoms with van der Waals surface area (Å²) in [4.78, 5) is 22.6. The van der Waals surface area contributed by atoms with E-state index < -0.39 is 0 Å². The van der Waals surface area contributed by atoms with E-state index in [1.54, 1.807) is 12.1 Å². The number of aromatic amines is 1. The summed E-state index contributed by atoms with van der Waals surface area (Å²) in [5.41, 5.74) is 3.30. The van der Waals surface area contributed by atoms with Gasteiger partial charge in [0.2, 0.25) is 0 Å². The lowest BCUT2D eigenvalue weighted by Crippen LogP contribution is -2.35. The van der Waals surface area contributed by atoms with Crippen LogP contribution in [-0.2, 0) is 19.5 Å². The summed E-state index contributed by atoms with van der Waals surface area (Å²) in [6, 6.07) is 19.0. The fraction of sp³-hybridized carbons (Fsp3) is 0.167. The van der Waals surface area contributed by atoms with Crippen molar-refractivity contribution < 1.29 is 4.42 Å². The zero-order valence-electron chi connectivity index (χ0n) is 16.6. The zero-order valence-corrected chi connectivity index (χ0v) is 18.1. The van der Waals surface area contributed by atoms with Gasteiger partial charge in [-0.15, -0.1) is 0 Å². The molecule has 5 rings (SSSR count). The third-order valence-corrected chi connectivity index (χ3v) is 6.18. The molecule has 31 heavy (non-hydrogen) atoms. The molecule has 156 valence electrons. The van der Waals surface area contributed by atoms with E-state index in [4.69, 9.17) is 32.6 Å². The molecular formula is C24H19Cl2N3O2. The highest BCUT2D eigenvalue weighted by Crippen LogP contribution is 2.30. The Morgan fingerprint density at radius 2 is 1.84 bits per heavy atom. The second-order valence-electron chi connectivity index (χ2n) is 7.56. The van der Waals surface area contributed by atoms with Crippen molar-refractivity contribution in [3.63, 3.8) is 0 Å². The minimum atomic E-state index is -0.0792. The van der Waals surface area contributed by atoms with Gasteiger partial charge in [-0.25, -0.2) is 4.98 Å². The number of nitrogens with one attached hydrogen (secondary N) is 1. The molecule has 0 saturated carbocycles. The van der Waals surface area contributed by atoms with Crippen LogP contribution in [0, 0.1) is 0 Å². The lowest BCUT2D eigenvalue weighted by atomic mass is 10.1. The molecule has 0 atom stereocenters.